The second-order valence-corrected chi connectivity index (χ2v) is 4.82. The Bertz CT molecular complexity index is 512. The van der Waals surface area contributed by atoms with Crippen molar-refractivity contribution in [3.63, 3.8) is 0 Å². The van der Waals surface area contributed by atoms with Gasteiger partial charge in [0, 0.05) is 30.9 Å². The number of benzene rings is 1. The van der Waals surface area contributed by atoms with Crippen LogP contribution in [-0.4, -0.2) is 28.8 Å². The van der Waals surface area contributed by atoms with Crippen LogP contribution in [0.5, 0.6) is 0 Å². The summed E-state index contributed by atoms with van der Waals surface area (Å²) in [5.41, 5.74) is 6.15. The number of nitro benzene ring substituents is 1. The van der Waals surface area contributed by atoms with Crippen molar-refractivity contribution in [1.82, 2.24) is 4.90 Å². The molecule has 0 heterocycles. The van der Waals surface area contributed by atoms with Gasteiger partial charge in [0.25, 0.3) is 11.6 Å². The van der Waals surface area contributed by atoms with Crippen LogP contribution in [0.15, 0.2) is 18.2 Å². The minimum Gasteiger partial charge on any atom is -0.398 e. The number of hydrogen-bond acceptors (Lipinski definition) is 4. The third-order valence-electron chi connectivity index (χ3n) is 3.32. The lowest BCUT2D eigenvalue weighted by atomic mass is 10.1. The van der Waals surface area contributed by atoms with Crippen LogP contribution < -0.4 is 5.73 Å². The number of anilines is 1. The Morgan fingerprint density at radius 2 is 2.21 bits per heavy atom. The molecular formula is C13H17N3O3. The number of hydrogen-bond donors (Lipinski definition) is 1. The number of rotatable bonds is 5. The average Bonchev–Trinajstić information content (AvgIpc) is 3.19. The van der Waals surface area contributed by atoms with E-state index in [0.717, 1.165) is 12.8 Å². The summed E-state index contributed by atoms with van der Waals surface area (Å²) in [6, 6.07) is 3.98. The Balaban J connectivity index is 2.25. The van der Waals surface area contributed by atoms with Gasteiger partial charge in [-0.2, -0.15) is 0 Å². The molecule has 1 aromatic carbocycles. The van der Waals surface area contributed by atoms with Crippen LogP contribution in [0.2, 0.25) is 0 Å². The Hall–Kier alpha value is -2.11. The average molecular weight is 263 g/mol. The van der Waals surface area contributed by atoms with E-state index in [-0.39, 0.29) is 22.8 Å². The van der Waals surface area contributed by atoms with Crippen molar-refractivity contribution in [2.45, 2.75) is 19.8 Å². The van der Waals surface area contributed by atoms with E-state index < -0.39 is 4.92 Å². The number of amides is 1. The highest BCUT2D eigenvalue weighted by atomic mass is 16.6. The molecule has 2 rings (SSSR count). The predicted molar refractivity (Wildman–Crippen MR) is 71.8 cm³/mol. The first-order valence-corrected chi connectivity index (χ1v) is 6.36. The Morgan fingerprint density at radius 3 is 2.74 bits per heavy atom. The summed E-state index contributed by atoms with van der Waals surface area (Å²) in [6.07, 6.45) is 2.29. The summed E-state index contributed by atoms with van der Waals surface area (Å²) in [7, 11) is 0. The maximum absolute atomic E-state index is 12.4. The molecule has 0 bridgehead atoms. The zero-order valence-electron chi connectivity index (χ0n) is 10.8. The van der Waals surface area contributed by atoms with Crippen LogP contribution in [0.25, 0.3) is 0 Å². The largest absolute Gasteiger partial charge is 0.398 e. The SMILES string of the molecule is CCN(CC1CC1)C(=O)c1cc([N+](=O)[O-])ccc1N. The summed E-state index contributed by atoms with van der Waals surface area (Å²) in [5.74, 6) is 0.347. The van der Waals surface area contributed by atoms with Gasteiger partial charge in [-0.3, -0.25) is 14.9 Å². The van der Waals surface area contributed by atoms with E-state index in [4.69, 9.17) is 5.73 Å². The summed E-state index contributed by atoms with van der Waals surface area (Å²) < 4.78 is 0. The molecule has 2 N–H and O–H groups in total. The minimum absolute atomic E-state index is 0.111. The maximum atomic E-state index is 12.4. The number of carbonyl (C=O) groups excluding carboxylic acids is 1. The highest BCUT2D eigenvalue weighted by Crippen LogP contribution is 2.30. The highest BCUT2D eigenvalue weighted by molar-refractivity contribution is 5.99. The number of carbonyl (C=O) groups is 1. The second-order valence-electron chi connectivity index (χ2n) is 4.82. The molecule has 0 saturated heterocycles. The van der Waals surface area contributed by atoms with E-state index in [1.54, 1.807) is 4.90 Å². The minimum atomic E-state index is -0.520. The standard InChI is InChI=1S/C13H17N3O3/c1-2-15(8-9-3-4-9)13(17)11-7-10(16(18)19)5-6-12(11)14/h5-7,9H,2-4,8,14H2,1H3. The van der Waals surface area contributed by atoms with Crippen LogP contribution in [0.1, 0.15) is 30.1 Å². The zero-order chi connectivity index (χ0) is 14.0. The molecule has 0 spiro atoms. The summed E-state index contributed by atoms with van der Waals surface area (Å²) in [5, 5.41) is 10.8. The first kappa shape index (κ1) is 13.3. The first-order chi connectivity index (χ1) is 9.02. The fourth-order valence-electron chi connectivity index (χ4n) is 1.98. The van der Waals surface area contributed by atoms with Gasteiger partial charge in [0.2, 0.25) is 0 Å². The van der Waals surface area contributed by atoms with Gasteiger partial charge in [-0.25, -0.2) is 0 Å². The molecule has 0 aromatic heterocycles. The molecule has 1 fully saturated rings. The monoisotopic (exact) mass is 263 g/mol. The molecule has 19 heavy (non-hydrogen) atoms. The van der Waals surface area contributed by atoms with Crippen molar-refractivity contribution in [2.24, 2.45) is 5.92 Å². The number of non-ortho nitro benzene ring substituents is 1. The number of nitrogen functional groups attached to an aromatic ring is 1. The lowest BCUT2D eigenvalue weighted by Gasteiger charge is -2.21. The fourth-order valence-corrected chi connectivity index (χ4v) is 1.98. The van der Waals surface area contributed by atoms with Crippen molar-refractivity contribution in [2.75, 3.05) is 18.8 Å². The molecule has 0 aliphatic heterocycles. The van der Waals surface area contributed by atoms with Crippen LogP contribution in [0, 0.1) is 16.0 Å². The lowest BCUT2D eigenvalue weighted by Crippen LogP contribution is -2.33. The summed E-state index contributed by atoms with van der Waals surface area (Å²) in [4.78, 5) is 24.3. The second kappa shape index (κ2) is 5.26. The molecule has 1 aliphatic rings. The highest BCUT2D eigenvalue weighted by Gasteiger charge is 2.27. The number of nitrogens with two attached hydrogens (primary N) is 1. The van der Waals surface area contributed by atoms with Gasteiger partial charge < -0.3 is 10.6 Å². The zero-order valence-corrected chi connectivity index (χ0v) is 10.8. The number of nitro groups is 1. The first-order valence-electron chi connectivity index (χ1n) is 6.36. The van der Waals surface area contributed by atoms with Crippen molar-refractivity contribution in [3.8, 4) is 0 Å². The Kier molecular flexibility index (Phi) is 3.69. The predicted octanol–water partition coefficient (Wildman–Crippen LogP) is 2.05. The van der Waals surface area contributed by atoms with E-state index >= 15 is 0 Å². The normalized spacial score (nSPS) is 14.2. The Morgan fingerprint density at radius 1 is 1.53 bits per heavy atom. The van der Waals surface area contributed by atoms with E-state index in [1.165, 1.54) is 18.2 Å². The topological polar surface area (TPSA) is 89.5 Å². The fraction of sp³-hybridized carbons (Fsp3) is 0.462. The van der Waals surface area contributed by atoms with Crippen LogP contribution in [-0.2, 0) is 0 Å². The molecular weight excluding hydrogens is 246 g/mol. The smallest absolute Gasteiger partial charge is 0.270 e. The number of nitrogens with zero attached hydrogens (tertiary/aromatic N) is 2. The van der Waals surface area contributed by atoms with Crippen LogP contribution in [0.3, 0.4) is 0 Å². The van der Waals surface area contributed by atoms with Gasteiger partial charge in [0.05, 0.1) is 10.5 Å². The van der Waals surface area contributed by atoms with Crippen LogP contribution in [0.4, 0.5) is 11.4 Å². The van der Waals surface area contributed by atoms with Crippen LogP contribution >= 0.6 is 0 Å². The van der Waals surface area contributed by atoms with Gasteiger partial charge in [-0.15, -0.1) is 0 Å². The molecule has 1 aliphatic carbocycles. The summed E-state index contributed by atoms with van der Waals surface area (Å²) >= 11 is 0. The van der Waals surface area contributed by atoms with Gasteiger partial charge >= 0.3 is 0 Å². The molecule has 1 amide bonds. The Labute approximate surface area is 111 Å². The third kappa shape index (κ3) is 3.01. The van der Waals surface area contributed by atoms with Crippen molar-refractivity contribution < 1.29 is 9.72 Å². The molecule has 6 nitrogen and oxygen atoms in total. The van der Waals surface area contributed by atoms with Gasteiger partial charge in [-0.05, 0) is 31.7 Å². The molecule has 1 aromatic rings. The summed E-state index contributed by atoms with van der Waals surface area (Å²) in [6.45, 7) is 3.18. The van der Waals surface area contributed by atoms with Gasteiger partial charge in [0.1, 0.15) is 0 Å². The van der Waals surface area contributed by atoms with E-state index in [1.807, 2.05) is 6.92 Å². The van der Waals surface area contributed by atoms with Gasteiger partial charge in [0.15, 0.2) is 0 Å². The molecule has 0 atom stereocenters. The molecule has 102 valence electrons. The van der Waals surface area contributed by atoms with E-state index in [0.29, 0.717) is 19.0 Å². The van der Waals surface area contributed by atoms with E-state index in [9.17, 15) is 14.9 Å². The van der Waals surface area contributed by atoms with Crippen molar-refractivity contribution in [3.05, 3.63) is 33.9 Å². The third-order valence-corrected chi connectivity index (χ3v) is 3.32. The van der Waals surface area contributed by atoms with Gasteiger partial charge in [-0.1, -0.05) is 0 Å². The van der Waals surface area contributed by atoms with E-state index in [2.05, 4.69) is 0 Å². The quantitative estimate of drug-likeness (QED) is 0.500. The molecule has 0 radical (unpaired) electrons. The molecule has 1 saturated carbocycles. The van der Waals surface area contributed by atoms with Crippen molar-refractivity contribution in [1.29, 1.82) is 0 Å². The molecule has 6 heteroatoms. The molecule has 0 unspecified atom stereocenters. The lowest BCUT2D eigenvalue weighted by molar-refractivity contribution is -0.384. The van der Waals surface area contributed by atoms with Crippen molar-refractivity contribution >= 4 is 17.3 Å². The maximum Gasteiger partial charge on any atom is 0.270 e.